The molecule has 6 heteroatoms. The number of benzene rings is 1. The van der Waals surface area contributed by atoms with Gasteiger partial charge in [0.05, 0.1) is 20.1 Å². The molecule has 5 nitrogen and oxygen atoms in total. The second-order valence-corrected chi connectivity index (χ2v) is 3.91. The number of anilines is 1. The van der Waals surface area contributed by atoms with Crippen LogP contribution in [0.15, 0.2) is 18.2 Å². The summed E-state index contributed by atoms with van der Waals surface area (Å²) in [7, 11) is 3.15. The third-order valence-electron chi connectivity index (χ3n) is 2.80. The van der Waals surface area contributed by atoms with Crippen molar-refractivity contribution in [2.45, 2.75) is 0 Å². The van der Waals surface area contributed by atoms with Gasteiger partial charge in [0.2, 0.25) is 5.91 Å². The Hall–Kier alpha value is -1.46. The fourth-order valence-corrected chi connectivity index (χ4v) is 1.63. The smallest absolute Gasteiger partial charge is 0.230 e. The largest absolute Gasteiger partial charge is 0.493 e. The lowest BCUT2D eigenvalue weighted by Crippen LogP contribution is -2.48. The van der Waals surface area contributed by atoms with Crippen LogP contribution in [0, 0.1) is 5.92 Å². The number of nitrogens with one attached hydrogen (secondary N) is 2. The number of carbonyl (C=O) groups excluding carboxylic acids is 1. The van der Waals surface area contributed by atoms with Crippen LogP contribution in [0.1, 0.15) is 0 Å². The number of methoxy groups -OCH3 is 2. The van der Waals surface area contributed by atoms with E-state index < -0.39 is 0 Å². The lowest BCUT2D eigenvalue weighted by molar-refractivity contribution is -0.121. The Labute approximate surface area is 112 Å². The zero-order valence-electron chi connectivity index (χ0n) is 10.4. The molecule has 1 aliphatic heterocycles. The average Bonchev–Trinajstić information content (AvgIpc) is 2.26. The van der Waals surface area contributed by atoms with Gasteiger partial charge in [0.25, 0.3) is 0 Å². The Morgan fingerprint density at radius 3 is 2.44 bits per heavy atom. The molecule has 0 saturated carbocycles. The highest BCUT2D eigenvalue weighted by atomic mass is 35.5. The van der Waals surface area contributed by atoms with Crippen LogP contribution in [0.5, 0.6) is 11.5 Å². The molecule has 1 amide bonds. The molecule has 100 valence electrons. The maximum atomic E-state index is 11.7. The van der Waals surface area contributed by atoms with Crippen LogP contribution in [0.25, 0.3) is 0 Å². The Morgan fingerprint density at radius 2 is 1.94 bits per heavy atom. The quantitative estimate of drug-likeness (QED) is 0.867. The van der Waals surface area contributed by atoms with E-state index in [4.69, 9.17) is 9.47 Å². The van der Waals surface area contributed by atoms with E-state index in [1.54, 1.807) is 32.4 Å². The molecule has 1 aromatic carbocycles. The van der Waals surface area contributed by atoms with Gasteiger partial charge in [0.1, 0.15) is 0 Å². The Morgan fingerprint density at radius 1 is 1.28 bits per heavy atom. The number of carbonyl (C=O) groups is 1. The second-order valence-electron chi connectivity index (χ2n) is 3.91. The number of hydrogen-bond donors (Lipinski definition) is 2. The zero-order chi connectivity index (χ0) is 12.3. The third-order valence-corrected chi connectivity index (χ3v) is 2.80. The first-order valence-electron chi connectivity index (χ1n) is 5.48. The van der Waals surface area contributed by atoms with Crippen LogP contribution in [0.2, 0.25) is 0 Å². The van der Waals surface area contributed by atoms with Gasteiger partial charge in [-0.25, -0.2) is 0 Å². The monoisotopic (exact) mass is 272 g/mol. The number of hydrogen-bond acceptors (Lipinski definition) is 4. The van der Waals surface area contributed by atoms with Gasteiger partial charge in [0, 0.05) is 24.8 Å². The molecule has 2 rings (SSSR count). The van der Waals surface area contributed by atoms with E-state index in [9.17, 15) is 4.79 Å². The molecule has 0 spiro atoms. The Bertz CT molecular complexity index is 422. The summed E-state index contributed by atoms with van der Waals surface area (Å²) in [4.78, 5) is 11.7. The summed E-state index contributed by atoms with van der Waals surface area (Å²) < 4.78 is 10.3. The summed E-state index contributed by atoms with van der Waals surface area (Å²) in [6.07, 6.45) is 0. The fraction of sp³-hybridized carbons (Fsp3) is 0.417. The van der Waals surface area contributed by atoms with Gasteiger partial charge in [-0.2, -0.15) is 0 Å². The molecule has 2 N–H and O–H groups in total. The highest BCUT2D eigenvalue weighted by Crippen LogP contribution is 2.29. The van der Waals surface area contributed by atoms with E-state index in [1.165, 1.54) is 0 Å². The lowest BCUT2D eigenvalue weighted by Gasteiger charge is -2.25. The van der Waals surface area contributed by atoms with E-state index in [0.717, 1.165) is 18.8 Å². The number of ether oxygens (including phenoxy) is 2. The minimum Gasteiger partial charge on any atom is -0.493 e. The summed E-state index contributed by atoms with van der Waals surface area (Å²) in [5.41, 5.74) is 0.722. The van der Waals surface area contributed by atoms with Crippen molar-refractivity contribution in [2.75, 3.05) is 32.6 Å². The van der Waals surface area contributed by atoms with Crippen molar-refractivity contribution in [3.63, 3.8) is 0 Å². The highest BCUT2D eigenvalue weighted by Gasteiger charge is 2.24. The molecule has 18 heavy (non-hydrogen) atoms. The molecule has 0 aromatic heterocycles. The van der Waals surface area contributed by atoms with Crippen LogP contribution in [0.4, 0.5) is 5.69 Å². The van der Waals surface area contributed by atoms with Crippen molar-refractivity contribution >= 4 is 24.0 Å². The Kier molecular flexibility index (Phi) is 5.25. The normalized spacial score (nSPS) is 14.1. The maximum Gasteiger partial charge on any atom is 0.230 e. The summed E-state index contributed by atoms with van der Waals surface area (Å²) >= 11 is 0. The van der Waals surface area contributed by atoms with Crippen LogP contribution < -0.4 is 20.1 Å². The van der Waals surface area contributed by atoms with E-state index >= 15 is 0 Å². The number of rotatable bonds is 4. The van der Waals surface area contributed by atoms with Crippen LogP contribution in [-0.4, -0.2) is 33.2 Å². The molecule has 0 radical (unpaired) electrons. The van der Waals surface area contributed by atoms with Crippen molar-refractivity contribution in [1.82, 2.24) is 5.32 Å². The van der Waals surface area contributed by atoms with Crippen molar-refractivity contribution in [3.05, 3.63) is 18.2 Å². The van der Waals surface area contributed by atoms with Crippen molar-refractivity contribution < 1.29 is 14.3 Å². The highest BCUT2D eigenvalue weighted by molar-refractivity contribution is 5.93. The standard InChI is InChI=1S/C12H16N2O3.ClH/c1-16-10-4-3-9(5-11(10)17-2)14-12(15)8-6-13-7-8;/h3-5,8,13H,6-7H2,1-2H3,(H,14,15);1H. The van der Waals surface area contributed by atoms with Crippen molar-refractivity contribution in [2.24, 2.45) is 5.92 Å². The molecule has 0 aliphatic carbocycles. The fourth-order valence-electron chi connectivity index (χ4n) is 1.63. The molecule has 1 aliphatic rings. The molecule has 1 fully saturated rings. The summed E-state index contributed by atoms with van der Waals surface area (Å²) in [5, 5.41) is 5.92. The minimum absolute atomic E-state index is 0. The van der Waals surface area contributed by atoms with E-state index in [1.807, 2.05) is 0 Å². The third kappa shape index (κ3) is 3.05. The maximum absolute atomic E-state index is 11.7. The van der Waals surface area contributed by atoms with Crippen molar-refractivity contribution in [3.8, 4) is 11.5 Å². The zero-order valence-corrected chi connectivity index (χ0v) is 11.2. The molecule has 1 aromatic rings. The SMILES string of the molecule is COc1ccc(NC(=O)C2CNC2)cc1OC.Cl. The second kappa shape index (κ2) is 6.47. The van der Waals surface area contributed by atoms with Crippen LogP contribution >= 0.6 is 12.4 Å². The van der Waals surface area contributed by atoms with Gasteiger partial charge in [0.15, 0.2) is 11.5 Å². The first-order valence-corrected chi connectivity index (χ1v) is 5.48. The topological polar surface area (TPSA) is 59.6 Å². The van der Waals surface area contributed by atoms with E-state index in [-0.39, 0.29) is 24.2 Å². The van der Waals surface area contributed by atoms with Gasteiger partial charge in [-0.3, -0.25) is 4.79 Å². The average molecular weight is 273 g/mol. The molecule has 1 saturated heterocycles. The number of amides is 1. The van der Waals surface area contributed by atoms with Crippen molar-refractivity contribution in [1.29, 1.82) is 0 Å². The predicted octanol–water partition coefficient (Wildman–Crippen LogP) is 1.28. The summed E-state index contributed by atoms with van der Waals surface area (Å²) in [6.45, 7) is 1.50. The van der Waals surface area contributed by atoms with E-state index in [0.29, 0.717) is 11.5 Å². The van der Waals surface area contributed by atoms with E-state index in [2.05, 4.69) is 10.6 Å². The molecular weight excluding hydrogens is 256 g/mol. The predicted molar refractivity (Wildman–Crippen MR) is 71.8 cm³/mol. The first-order chi connectivity index (χ1) is 8.24. The molecule has 0 bridgehead atoms. The minimum atomic E-state index is 0. The Balaban J connectivity index is 0.00000162. The lowest BCUT2D eigenvalue weighted by atomic mass is 10.0. The van der Waals surface area contributed by atoms with Gasteiger partial charge < -0.3 is 20.1 Å². The van der Waals surface area contributed by atoms with Crippen LogP contribution in [0.3, 0.4) is 0 Å². The molecule has 0 unspecified atom stereocenters. The summed E-state index contributed by atoms with van der Waals surface area (Å²) in [5.74, 6) is 1.37. The molecule has 1 heterocycles. The van der Waals surface area contributed by atoms with Crippen LogP contribution in [-0.2, 0) is 4.79 Å². The number of halogens is 1. The molecular formula is C12H17ClN2O3. The summed E-state index contributed by atoms with van der Waals surface area (Å²) in [6, 6.07) is 5.32. The molecule has 0 atom stereocenters. The van der Waals surface area contributed by atoms with Gasteiger partial charge in [-0.1, -0.05) is 0 Å². The van der Waals surface area contributed by atoms with Gasteiger partial charge in [-0.15, -0.1) is 12.4 Å². The van der Waals surface area contributed by atoms with Gasteiger partial charge in [-0.05, 0) is 12.1 Å². The first kappa shape index (κ1) is 14.6. The van der Waals surface area contributed by atoms with Gasteiger partial charge >= 0.3 is 0 Å².